The molecule has 1 aromatic heterocycles. The van der Waals surface area contributed by atoms with Crippen LogP contribution < -0.4 is 0 Å². The van der Waals surface area contributed by atoms with Crippen molar-refractivity contribution in [2.45, 2.75) is 6.92 Å². The van der Waals surface area contributed by atoms with Crippen molar-refractivity contribution in [2.24, 2.45) is 0 Å². The van der Waals surface area contributed by atoms with Gasteiger partial charge < -0.3 is 4.42 Å². The van der Waals surface area contributed by atoms with Crippen LogP contribution in [0.4, 0.5) is 0 Å². The van der Waals surface area contributed by atoms with Crippen molar-refractivity contribution in [3.8, 4) is 0 Å². The monoisotopic (exact) mass is 170 g/mol. The first-order valence-corrected chi connectivity index (χ1v) is 3.49. The summed E-state index contributed by atoms with van der Waals surface area (Å²) >= 11 is 5.50. The van der Waals surface area contributed by atoms with Gasteiger partial charge in [-0.3, -0.25) is 4.79 Å². The minimum absolute atomic E-state index is 0.329. The van der Waals surface area contributed by atoms with Gasteiger partial charge in [-0.1, -0.05) is 0 Å². The number of hydrogen-bond acceptors (Lipinski definition) is 2. The number of allylic oxidation sites excluding steroid dienone is 1. The third kappa shape index (κ3) is 2.24. The van der Waals surface area contributed by atoms with Gasteiger partial charge in [-0.2, -0.15) is 0 Å². The Labute approximate surface area is 69.5 Å². The second-order valence-corrected chi connectivity index (χ2v) is 2.52. The third-order valence-corrected chi connectivity index (χ3v) is 1.35. The van der Waals surface area contributed by atoms with E-state index in [1.165, 1.54) is 0 Å². The van der Waals surface area contributed by atoms with Gasteiger partial charge in [0.1, 0.15) is 12.0 Å². The Morgan fingerprint density at radius 3 is 2.82 bits per heavy atom. The van der Waals surface area contributed by atoms with Gasteiger partial charge in [0.05, 0.1) is 0 Å². The molecule has 3 heteroatoms. The molecule has 0 unspecified atom stereocenters. The van der Waals surface area contributed by atoms with Gasteiger partial charge in [-0.25, -0.2) is 0 Å². The number of halogens is 1. The highest BCUT2D eigenvalue weighted by atomic mass is 35.5. The van der Waals surface area contributed by atoms with Crippen molar-refractivity contribution in [3.05, 3.63) is 28.7 Å². The number of carbonyl (C=O) groups is 1. The Morgan fingerprint density at radius 1 is 1.64 bits per heavy atom. The summed E-state index contributed by atoms with van der Waals surface area (Å²) in [6, 6.07) is 3.33. The molecular weight excluding hydrogens is 164 g/mol. The molecule has 0 saturated heterocycles. The molecule has 0 aliphatic carbocycles. The van der Waals surface area contributed by atoms with Crippen LogP contribution in [0.3, 0.4) is 0 Å². The number of carbonyl (C=O) groups excluding carboxylic acids is 1. The molecule has 58 valence electrons. The summed E-state index contributed by atoms with van der Waals surface area (Å²) in [4.78, 5) is 10.2. The van der Waals surface area contributed by atoms with Crippen molar-refractivity contribution in [1.29, 1.82) is 0 Å². The molecule has 1 heterocycles. The van der Waals surface area contributed by atoms with E-state index in [2.05, 4.69) is 0 Å². The van der Waals surface area contributed by atoms with Crippen LogP contribution in [0, 0.1) is 0 Å². The lowest BCUT2D eigenvalue weighted by atomic mass is 10.3. The van der Waals surface area contributed by atoms with Gasteiger partial charge >= 0.3 is 0 Å². The van der Waals surface area contributed by atoms with Gasteiger partial charge in [0.15, 0.2) is 5.22 Å². The van der Waals surface area contributed by atoms with Crippen LogP contribution in [0.2, 0.25) is 5.22 Å². The van der Waals surface area contributed by atoms with Crippen LogP contribution >= 0.6 is 11.6 Å². The Morgan fingerprint density at radius 2 is 2.36 bits per heavy atom. The Bertz CT molecular complexity index is 286. The fourth-order valence-corrected chi connectivity index (χ4v) is 0.816. The fraction of sp³-hybridized carbons (Fsp3) is 0.125. The molecule has 0 spiro atoms. The predicted octanol–water partition coefficient (Wildman–Crippen LogP) is 2.54. The summed E-state index contributed by atoms with van der Waals surface area (Å²) in [5.74, 6) is 0.597. The zero-order valence-corrected chi connectivity index (χ0v) is 6.76. The number of hydrogen-bond donors (Lipinski definition) is 0. The highest BCUT2D eigenvalue weighted by molar-refractivity contribution is 6.28. The lowest BCUT2D eigenvalue weighted by Gasteiger charge is -1.84. The van der Waals surface area contributed by atoms with Gasteiger partial charge in [-0.05, 0) is 42.3 Å². The van der Waals surface area contributed by atoms with Crippen LogP contribution in [0.1, 0.15) is 12.7 Å². The molecule has 0 bridgehead atoms. The number of rotatable bonds is 2. The minimum Gasteiger partial charge on any atom is -0.445 e. The molecule has 0 aromatic carbocycles. The SMILES string of the molecule is C/C(C=O)=C/c1ccc(Cl)o1. The van der Waals surface area contributed by atoms with Gasteiger partial charge in [-0.15, -0.1) is 0 Å². The zero-order valence-electron chi connectivity index (χ0n) is 6.00. The molecule has 0 amide bonds. The summed E-state index contributed by atoms with van der Waals surface area (Å²) in [6.45, 7) is 1.70. The molecule has 0 atom stereocenters. The number of aldehydes is 1. The molecule has 0 aliphatic heterocycles. The van der Waals surface area contributed by atoms with E-state index in [1.807, 2.05) is 0 Å². The van der Waals surface area contributed by atoms with Crippen molar-refractivity contribution in [2.75, 3.05) is 0 Å². The third-order valence-electron chi connectivity index (χ3n) is 1.15. The van der Waals surface area contributed by atoms with Crippen molar-refractivity contribution >= 4 is 24.0 Å². The summed E-state index contributed by atoms with van der Waals surface area (Å²) in [6.07, 6.45) is 2.38. The average Bonchev–Trinajstić information content (AvgIpc) is 2.35. The van der Waals surface area contributed by atoms with E-state index in [0.29, 0.717) is 16.6 Å². The van der Waals surface area contributed by atoms with Gasteiger partial charge in [0.25, 0.3) is 0 Å². The molecule has 0 fully saturated rings. The minimum atomic E-state index is 0.329. The van der Waals surface area contributed by atoms with Crippen molar-refractivity contribution in [3.63, 3.8) is 0 Å². The highest BCUT2D eigenvalue weighted by Crippen LogP contribution is 2.15. The fourth-order valence-electron chi connectivity index (χ4n) is 0.664. The smallest absolute Gasteiger partial charge is 0.193 e. The predicted molar refractivity (Wildman–Crippen MR) is 43.4 cm³/mol. The average molecular weight is 171 g/mol. The highest BCUT2D eigenvalue weighted by Gasteiger charge is 1.95. The molecule has 0 N–H and O–H groups in total. The zero-order chi connectivity index (χ0) is 8.27. The van der Waals surface area contributed by atoms with Crippen LogP contribution in [0.15, 0.2) is 22.1 Å². The quantitative estimate of drug-likeness (QED) is 0.504. The van der Waals surface area contributed by atoms with E-state index in [-0.39, 0.29) is 0 Å². The van der Waals surface area contributed by atoms with Gasteiger partial charge in [0, 0.05) is 0 Å². The number of furan rings is 1. The Hall–Kier alpha value is -1.02. The first-order valence-electron chi connectivity index (χ1n) is 3.11. The van der Waals surface area contributed by atoms with E-state index < -0.39 is 0 Å². The molecule has 0 saturated carbocycles. The van der Waals surface area contributed by atoms with Crippen LogP contribution in [-0.4, -0.2) is 6.29 Å². The van der Waals surface area contributed by atoms with Gasteiger partial charge in [0.2, 0.25) is 0 Å². The maximum atomic E-state index is 10.2. The Kier molecular flexibility index (Phi) is 2.49. The van der Waals surface area contributed by atoms with E-state index >= 15 is 0 Å². The standard InChI is InChI=1S/C8H7ClO2/c1-6(5-10)4-7-2-3-8(9)11-7/h2-5H,1H3/b6-4-. The second kappa shape index (κ2) is 3.39. The topological polar surface area (TPSA) is 30.2 Å². The maximum Gasteiger partial charge on any atom is 0.193 e. The lowest BCUT2D eigenvalue weighted by Crippen LogP contribution is -1.73. The van der Waals surface area contributed by atoms with E-state index in [9.17, 15) is 4.79 Å². The van der Waals surface area contributed by atoms with E-state index in [4.69, 9.17) is 16.0 Å². The van der Waals surface area contributed by atoms with Crippen LogP contribution in [-0.2, 0) is 4.79 Å². The first kappa shape index (κ1) is 8.08. The Balaban J connectivity index is 2.86. The summed E-state index contributed by atoms with van der Waals surface area (Å²) in [7, 11) is 0. The van der Waals surface area contributed by atoms with Crippen LogP contribution in [0.25, 0.3) is 6.08 Å². The normalized spacial score (nSPS) is 11.6. The lowest BCUT2D eigenvalue weighted by molar-refractivity contribution is -0.104. The summed E-state index contributed by atoms with van der Waals surface area (Å²) < 4.78 is 4.99. The van der Waals surface area contributed by atoms with E-state index in [0.717, 1.165) is 6.29 Å². The molecule has 1 rings (SSSR count). The summed E-state index contributed by atoms with van der Waals surface area (Å²) in [5.41, 5.74) is 0.607. The van der Waals surface area contributed by atoms with Crippen molar-refractivity contribution in [1.82, 2.24) is 0 Å². The maximum absolute atomic E-state index is 10.2. The molecule has 2 nitrogen and oxygen atoms in total. The van der Waals surface area contributed by atoms with Crippen molar-refractivity contribution < 1.29 is 9.21 Å². The van der Waals surface area contributed by atoms with E-state index in [1.54, 1.807) is 25.1 Å². The largest absolute Gasteiger partial charge is 0.445 e. The summed E-state index contributed by atoms with van der Waals surface area (Å²) in [5, 5.41) is 0.329. The molecule has 0 radical (unpaired) electrons. The molecular formula is C8H7ClO2. The van der Waals surface area contributed by atoms with Crippen LogP contribution in [0.5, 0.6) is 0 Å². The molecule has 0 aliphatic rings. The second-order valence-electron chi connectivity index (χ2n) is 2.15. The first-order chi connectivity index (χ1) is 5.22. The molecule has 1 aromatic rings. The molecule has 11 heavy (non-hydrogen) atoms.